The Hall–Kier alpha value is -0.840. The van der Waals surface area contributed by atoms with Crippen LogP contribution in [0.1, 0.15) is 24.0 Å². The average molecular weight is 411 g/mol. The summed E-state index contributed by atoms with van der Waals surface area (Å²) in [6.45, 7) is 2.90. The van der Waals surface area contributed by atoms with Crippen LogP contribution in [0, 0.1) is 6.92 Å². The molecule has 0 saturated heterocycles. The van der Waals surface area contributed by atoms with E-state index in [-0.39, 0.29) is 0 Å². The molecule has 0 heterocycles. The molecular formula is C17H17Br2NO. The summed E-state index contributed by atoms with van der Waals surface area (Å²) in [5, 5.41) is 3.54. The summed E-state index contributed by atoms with van der Waals surface area (Å²) in [5.41, 5.74) is 2.38. The van der Waals surface area contributed by atoms with Crippen molar-refractivity contribution in [3.05, 3.63) is 56.5 Å². The molecule has 0 amide bonds. The van der Waals surface area contributed by atoms with Gasteiger partial charge in [-0.2, -0.15) is 0 Å². The first-order chi connectivity index (χ1) is 10.1. The largest absolute Gasteiger partial charge is 0.456 e. The zero-order valence-electron chi connectivity index (χ0n) is 11.8. The Morgan fingerprint density at radius 3 is 2.57 bits per heavy atom. The van der Waals surface area contributed by atoms with Crippen molar-refractivity contribution in [3.8, 4) is 11.5 Å². The van der Waals surface area contributed by atoms with Gasteiger partial charge in [0.05, 0.1) is 4.47 Å². The van der Waals surface area contributed by atoms with Crippen LogP contribution in [0.4, 0.5) is 0 Å². The Morgan fingerprint density at radius 1 is 1.10 bits per heavy atom. The van der Waals surface area contributed by atoms with Crippen molar-refractivity contribution in [2.75, 3.05) is 0 Å². The molecule has 2 nitrogen and oxygen atoms in total. The van der Waals surface area contributed by atoms with Crippen molar-refractivity contribution in [3.63, 3.8) is 0 Å². The minimum atomic E-state index is 0.683. The van der Waals surface area contributed by atoms with Crippen LogP contribution >= 0.6 is 31.9 Å². The minimum absolute atomic E-state index is 0.683. The van der Waals surface area contributed by atoms with E-state index in [1.807, 2.05) is 18.2 Å². The number of aryl methyl sites for hydroxylation is 1. The lowest BCUT2D eigenvalue weighted by Crippen LogP contribution is -2.15. The molecule has 0 unspecified atom stereocenters. The van der Waals surface area contributed by atoms with Crippen molar-refractivity contribution >= 4 is 31.9 Å². The summed E-state index contributed by atoms with van der Waals surface area (Å²) < 4.78 is 8.15. The summed E-state index contributed by atoms with van der Waals surface area (Å²) >= 11 is 7.10. The lowest BCUT2D eigenvalue weighted by molar-refractivity contribution is 0.469. The highest BCUT2D eigenvalue weighted by atomic mass is 79.9. The van der Waals surface area contributed by atoms with Gasteiger partial charge in [0.2, 0.25) is 0 Å². The first-order valence-electron chi connectivity index (χ1n) is 7.07. The molecule has 110 valence electrons. The van der Waals surface area contributed by atoms with Gasteiger partial charge in [-0.1, -0.05) is 22.0 Å². The molecule has 0 spiro atoms. The molecular weight excluding hydrogens is 394 g/mol. The second kappa shape index (κ2) is 6.51. The smallest absolute Gasteiger partial charge is 0.141 e. The number of halogens is 2. The SMILES string of the molecule is Cc1ccc(Oc2ccc(Br)cc2CNC2CC2)c(Br)c1. The van der Waals surface area contributed by atoms with Crippen molar-refractivity contribution in [1.82, 2.24) is 5.32 Å². The van der Waals surface area contributed by atoms with Crippen molar-refractivity contribution in [1.29, 1.82) is 0 Å². The third-order valence-electron chi connectivity index (χ3n) is 3.49. The van der Waals surface area contributed by atoms with Crippen LogP contribution in [0.15, 0.2) is 45.3 Å². The number of ether oxygens (including phenoxy) is 1. The van der Waals surface area contributed by atoms with E-state index in [4.69, 9.17) is 4.74 Å². The number of hydrogen-bond donors (Lipinski definition) is 1. The van der Waals surface area contributed by atoms with Gasteiger partial charge < -0.3 is 10.1 Å². The molecule has 2 aromatic carbocycles. The van der Waals surface area contributed by atoms with Crippen LogP contribution in [-0.4, -0.2) is 6.04 Å². The van der Waals surface area contributed by atoms with Crippen molar-refractivity contribution < 1.29 is 4.74 Å². The molecule has 1 aliphatic rings. The second-order valence-electron chi connectivity index (χ2n) is 5.44. The summed E-state index contributed by atoms with van der Waals surface area (Å²) in [6.07, 6.45) is 2.57. The standard InChI is InChI=1S/C17H17Br2NO/c1-11-2-6-17(15(19)8-11)21-16-7-3-13(18)9-12(16)10-20-14-4-5-14/h2-3,6-9,14,20H,4-5,10H2,1H3. The van der Waals surface area contributed by atoms with Gasteiger partial charge in [0.25, 0.3) is 0 Å². The first-order valence-corrected chi connectivity index (χ1v) is 8.66. The fourth-order valence-corrected chi connectivity index (χ4v) is 3.12. The fourth-order valence-electron chi connectivity index (χ4n) is 2.13. The molecule has 1 fully saturated rings. The van der Waals surface area contributed by atoms with Crippen molar-refractivity contribution in [2.45, 2.75) is 32.4 Å². The topological polar surface area (TPSA) is 21.3 Å². The Bertz CT molecular complexity index is 653. The monoisotopic (exact) mass is 409 g/mol. The zero-order chi connectivity index (χ0) is 14.8. The van der Waals surface area contributed by atoms with Crippen LogP contribution < -0.4 is 10.1 Å². The average Bonchev–Trinajstić information content (AvgIpc) is 3.26. The maximum atomic E-state index is 6.10. The Kier molecular flexibility index (Phi) is 4.67. The number of rotatable bonds is 5. The maximum Gasteiger partial charge on any atom is 0.141 e. The van der Waals surface area contributed by atoms with Gasteiger partial charge in [-0.15, -0.1) is 0 Å². The molecule has 0 atom stereocenters. The quantitative estimate of drug-likeness (QED) is 0.696. The minimum Gasteiger partial charge on any atom is -0.456 e. The molecule has 4 heteroatoms. The maximum absolute atomic E-state index is 6.10. The molecule has 2 aromatic rings. The Balaban J connectivity index is 1.82. The van der Waals surface area contributed by atoms with Crippen LogP contribution in [0.3, 0.4) is 0 Å². The number of hydrogen-bond acceptors (Lipinski definition) is 2. The molecule has 1 saturated carbocycles. The number of benzene rings is 2. The van der Waals surface area contributed by atoms with E-state index in [0.717, 1.165) is 27.0 Å². The third kappa shape index (κ3) is 4.09. The predicted molar refractivity (Wildman–Crippen MR) is 93.0 cm³/mol. The highest BCUT2D eigenvalue weighted by Crippen LogP contribution is 2.33. The normalized spacial score (nSPS) is 14.2. The van der Waals surface area contributed by atoms with E-state index in [0.29, 0.717) is 6.04 Å². The highest BCUT2D eigenvalue weighted by molar-refractivity contribution is 9.10. The summed E-state index contributed by atoms with van der Waals surface area (Å²) in [4.78, 5) is 0. The molecule has 3 rings (SSSR count). The molecule has 0 aliphatic heterocycles. The van der Waals surface area contributed by atoms with Crippen LogP contribution in [0.5, 0.6) is 11.5 Å². The van der Waals surface area contributed by atoms with Crippen LogP contribution in [0.25, 0.3) is 0 Å². The van der Waals surface area contributed by atoms with E-state index >= 15 is 0 Å². The van der Waals surface area contributed by atoms with E-state index in [9.17, 15) is 0 Å². The van der Waals surface area contributed by atoms with E-state index < -0.39 is 0 Å². The fraction of sp³-hybridized carbons (Fsp3) is 0.294. The van der Waals surface area contributed by atoms with Gasteiger partial charge in [-0.25, -0.2) is 0 Å². The lowest BCUT2D eigenvalue weighted by Gasteiger charge is -2.14. The van der Waals surface area contributed by atoms with Gasteiger partial charge in [0.15, 0.2) is 0 Å². The van der Waals surface area contributed by atoms with Gasteiger partial charge in [-0.3, -0.25) is 0 Å². The molecule has 0 aromatic heterocycles. The van der Waals surface area contributed by atoms with Gasteiger partial charge in [-0.05, 0) is 71.6 Å². The van der Waals surface area contributed by atoms with Gasteiger partial charge >= 0.3 is 0 Å². The molecule has 0 bridgehead atoms. The van der Waals surface area contributed by atoms with Gasteiger partial charge in [0, 0.05) is 22.6 Å². The third-order valence-corrected chi connectivity index (χ3v) is 4.60. The first kappa shape index (κ1) is 15.1. The number of nitrogens with one attached hydrogen (secondary N) is 1. The molecule has 21 heavy (non-hydrogen) atoms. The summed E-state index contributed by atoms with van der Waals surface area (Å²) in [7, 11) is 0. The van der Waals surface area contributed by atoms with E-state index in [1.54, 1.807) is 0 Å². The summed E-state index contributed by atoms with van der Waals surface area (Å²) in [6, 6.07) is 12.9. The lowest BCUT2D eigenvalue weighted by atomic mass is 10.2. The predicted octanol–water partition coefficient (Wildman–Crippen LogP) is 5.56. The van der Waals surface area contributed by atoms with Crippen LogP contribution in [0.2, 0.25) is 0 Å². The molecule has 1 aliphatic carbocycles. The highest BCUT2D eigenvalue weighted by Gasteiger charge is 2.20. The van der Waals surface area contributed by atoms with E-state index in [2.05, 4.69) is 62.3 Å². The van der Waals surface area contributed by atoms with Crippen molar-refractivity contribution in [2.24, 2.45) is 0 Å². The molecule has 1 N–H and O–H groups in total. The zero-order valence-corrected chi connectivity index (χ0v) is 15.0. The van der Waals surface area contributed by atoms with Crippen LogP contribution in [-0.2, 0) is 6.54 Å². The van der Waals surface area contributed by atoms with Gasteiger partial charge in [0.1, 0.15) is 11.5 Å². The van der Waals surface area contributed by atoms with E-state index in [1.165, 1.54) is 24.0 Å². The molecule has 0 radical (unpaired) electrons. The Morgan fingerprint density at radius 2 is 1.86 bits per heavy atom. The Labute approximate surface area is 142 Å². The summed E-state index contributed by atoms with van der Waals surface area (Å²) in [5.74, 6) is 1.74. The second-order valence-corrected chi connectivity index (χ2v) is 7.21.